The SMILES string of the molecule is NC(CO)c1ccc(I)cc1. The molecular formula is C8H10INO. The van der Waals surface area contributed by atoms with Crippen molar-refractivity contribution >= 4 is 22.6 Å². The molecule has 0 amide bonds. The van der Waals surface area contributed by atoms with Crippen LogP contribution in [0.25, 0.3) is 0 Å². The number of halogens is 1. The van der Waals surface area contributed by atoms with Crippen LogP contribution in [0.3, 0.4) is 0 Å². The third kappa shape index (κ3) is 2.43. The highest BCUT2D eigenvalue weighted by Crippen LogP contribution is 2.11. The van der Waals surface area contributed by atoms with Gasteiger partial charge in [0.1, 0.15) is 0 Å². The van der Waals surface area contributed by atoms with Crippen molar-refractivity contribution in [2.45, 2.75) is 6.04 Å². The van der Waals surface area contributed by atoms with Gasteiger partial charge in [-0.2, -0.15) is 0 Å². The summed E-state index contributed by atoms with van der Waals surface area (Å²) in [5.41, 5.74) is 6.57. The number of benzene rings is 1. The largest absolute Gasteiger partial charge is 0.394 e. The normalized spacial score (nSPS) is 13.0. The average Bonchev–Trinajstić information content (AvgIpc) is 2.05. The topological polar surface area (TPSA) is 46.2 Å². The Morgan fingerprint density at radius 3 is 2.36 bits per heavy atom. The highest BCUT2D eigenvalue weighted by molar-refractivity contribution is 14.1. The predicted octanol–water partition coefficient (Wildman–Crippen LogP) is 1.28. The van der Waals surface area contributed by atoms with Gasteiger partial charge in [-0.15, -0.1) is 0 Å². The van der Waals surface area contributed by atoms with Crippen LogP contribution >= 0.6 is 22.6 Å². The minimum Gasteiger partial charge on any atom is -0.394 e. The molecule has 0 saturated heterocycles. The van der Waals surface area contributed by atoms with E-state index in [0.717, 1.165) is 5.56 Å². The molecule has 11 heavy (non-hydrogen) atoms. The standard InChI is InChI=1S/C8H10INO/c9-7-3-1-6(2-4-7)8(10)5-11/h1-4,8,11H,5,10H2. The fraction of sp³-hybridized carbons (Fsp3) is 0.250. The molecule has 0 heterocycles. The number of aliphatic hydroxyl groups excluding tert-OH is 1. The molecule has 1 aromatic rings. The average molecular weight is 263 g/mol. The van der Waals surface area contributed by atoms with E-state index in [2.05, 4.69) is 22.6 Å². The summed E-state index contributed by atoms with van der Waals surface area (Å²) >= 11 is 2.23. The Bertz CT molecular complexity index is 222. The molecule has 0 aliphatic rings. The maximum absolute atomic E-state index is 8.73. The second-order valence-corrected chi connectivity index (χ2v) is 3.59. The number of nitrogens with two attached hydrogens (primary N) is 1. The molecule has 0 radical (unpaired) electrons. The summed E-state index contributed by atoms with van der Waals surface area (Å²) < 4.78 is 1.18. The first-order valence-corrected chi connectivity index (χ1v) is 4.44. The molecule has 1 unspecified atom stereocenters. The van der Waals surface area contributed by atoms with Gasteiger partial charge in [0.05, 0.1) is 12.6 Å². The molecule has 0 aliphatic carbocycles. The van der Waals surface area contributed by atoms with E-state index in [4.69, 9.17) is 10.8 Å². The number of rotatable bonds is 2. The first-order valence-electron chi connectivity index (χ1n) is 3.36. The summed E-state index contributed by atoms with van der Waals surface area (Å²) in [6.07, 6.45) is 0. The smallest absolute Gasteiger partial charge is 0.0624 e. The molecule has 0 spiro atoms. The van der Waals surface area contributed by atoms with Gasteiger partial charge in [-0.05, 0) is 40.3 Å². The zero-order valence-corrected chi connectivity index (χ0v) is 8.15. The first-order chi connectivity index (χ1) is 5.24. The van der Waals surface area contributed by atoms with Gasteiger partial charge in [0.15, 0.2) is 0 Å². The fourth-order valence-corrected chi connectivity index (χ4v) is 1.17. The van der Waals surface area contributed by atoms with Crippen LogP contribution in [0.2, 0.25) is 0 Å². The predicted molar refractivity (Wildman–Crippen MR) is 53.2 cm³/mol. The number of hydrogen-bond donors (Lipinski definition) is 2. The Morgan fingerprint density at radius 1 is 1.36 bits per heavy atom. The number of aliphatic hydroxyl groups is 1. The molecule has 1 aromatic carbocycles. The number of hydrogen-bond acceptors (Lipinski definition) is 2. The van der Waals surface area contributed by atoms with E-state index >= 15 is 0 Å². The van der Waals surface area contributed by atoms with Gasteiger partial charge < -0.3 is 10.8 Å². The molecule has 0 aliphatic heterocycles. The van der Waals surface area contributed by atoms with E-state index in [1.165, 1.54) is 3.57 Å². The highest BCUT2D eigenvalue weighted by atomic mass is 127. The van der Waals surface area contributed by atoms with E-state index < -0.39 is 0 Å². The van der Waals surface area contributed by atoms with Crippen molar-refractivity contribution in [3.63, 3.8) is 0 Å². The lowest BCUT2D eigenvalue weighted by atomic mass is 10.1. The van der Waals surface area contributed by atoms with E-state index in [1.807, 2.05) is 24.3 Å². The maximum Gasteiger partial charge on any atom is 0.0624 e. The van der Waals surface area contributed by atoms with Crippen LogP contribution in [-0.4, -0.2) is 11.7 Å². The fourth-order valence-electron chi connectivity index (χ4n) is 0.815. The van der Waals surface area contributed by atoms with Crippen molar-refractivity contribution in [2.75, 3.05) is 6.61 Å². The minimum absolute atomic E-state index is 0.000588. The molecule has 2 nitrogen and oxygen atoms in total. The van der Waals surface area contributed by atoms with Crippen molar-refractivity contribution in [3.05, 3.63) is 33.4 Å². The summed E-state index contributed by atoms with van der Waals surface area (Å²) in [6.45, 7) is 0.000588. The molecule has 0 aromatic heterocycles. The summed E-state index contributed by atoms with van der Waals surface area (Å²) in [5, 5.41) is 8.73. The van der Waals surface area contributed by atoms with Gasteiger partial charge in [-0.25, -0.2) is 0 Å². The van der Waals surface area contributed by atoms with Crippen LogP contribution in [0.5, 0.6) is 0 Å². The Balaban J connectivity index is 2.81. The van der Waals surface area contributed by atoms with Gasteiger partial charge in [0.25, 0.3) is 0 Å². The summed E-state index contributed by atoms with van der Waals surface area (Å²) in [4.78, 5) is 0. The van der Waals surface area contributed by atoms with E-state index in [-0.39, 0.29) is 12.6 Å². The quantitative estimate of drug-likeness (QED) is 0.789. The third-order valence-corrected chi connectivity index (χ3v) is 2.21. The summed E-state index contributed by atoms with van der Waals surface area (Å²) in [7, 11) is 0. The Hall–Kier alpha value is -0.130. The zero-order valence-electron chi connectivity index (χ0n) is 6.00. The molecule has 3 heteroatoms. The van der Waals surface area contributed by atoms with Crippen molar-refractivity contribution in [1.29, 1.82) is 0 Å². The molecule has 3 N–H and O–H groups in total. The minimum atomic E-state index is -0.244. The lowest BCUT2D eigenvalue weighted by molar-refractivity contribution is 0.268. The Kier molecular flexibility index (Phi) is 3.29. The zero-order chi connectivity index (χ0) is 8.27. The van der Waals surface area contributed by atoms with Crippen LogP contribution in [0.1, 0.15) is 11.6 Å². The first kappa shape index (κ1) is 8.96. The molecule has 1 rings (SSSR count). The molecule has 0 fully saturated rings. The molecule has 0 saturated carbocycles. The van der Waals surface area contributed by atoms with Crippen molar-refractivity contribution in [1.82, 2.24) is 0 Å². The van der Waals surface area contributed by atoms with E-state index in [0.29, 0.717) is 0 Å². The molecule has 60 valence electrons. The van der Waals surface area contributed by atoms with Crippen LogP contribution in [0.4, 0.5) is 0 Å². The van der Waals surface area contributed by atoms with Gasteiger partial charge >= 0.3 is 0 Å². The Labute approximate surface area is 79.6 Å². The van der Waals surface area contributed by atoms with Crippen molar-refractivity contribution in [3.8, 4) is 0 Å². The monoisotopic (exact) mass is 263 g/mol. The highest BCUT2D eigenvalue weighted by Gasteiger charge is 2.01. The lowest BCUT2D eigenvalue weighted by Gasteiger charge is -2.07. The molecule has 1 atom stereocenters. The van der Waals surface area contributed by atoms with Crippen LogP contribution in [-0.2, 0) is 0 Å². The van der Waals surface area contributed by atoms with Gasteiger partial charge in [-0.3, -0.25) is 0 Å². The second kappa shape index (κ2) is 4.04. The molecular weight excluding hydrogens is 253 g/mol. The van der Waals surface area contributed by atoms with Crippen molar-refractivity contribution < 1.29 is 5.11 Å². The summed E-state index contributed by atoms with van der Waals surface area (Å²) in [5.74, 6) is 0. The Morgan fingerprint density at radius 2 is 1.91 bits per heavy atom. The molecule has 0 bridgehead atoms. The van der Waals surface area contributed by atoms with Crippen molar-refractivity contribution in [2.24, 2.45) is 5.73 Å². The van der Waals surface area contributed by atoms with Crippen LogP contribution in [0, 0.1) is 3.57 Å². The van der Waals surface area contributed by atoms with E-state index in [1.54, 1.807) is 0 Å². The maximum atomic E-state index is 8.73. The lowest BCUT2D eigenvalue weighted by Crippen LogP contribution is -2.14. The second-order valence-electron chi connectivity index (χ2n) is 2.34. The van der Waals surface area contributed by atoms with Crippen LogP contribution < -0.4 is 5.73 Å². The van der Waals surface area contributed by atoms with E-state index in [9.17, 15) is 0 Å². The van der Waals surface area contributed by atoms with Gasteiger partial charge in [0, 0.05) is 3.57 Å². The van der Waals surface area contributed by atoms with Crippen LogP contribution in [0.15, 0.2) is 24.3 Å². The third-order valence-electron chi connectivity index (χ3n) is 1.49. The summed E-state index contributed by atoms with van der Waals surface area (Å²) in [6, 6.07) is 7.58. The van der Waals surface area contributed by atoms with Gasteiger partial charge in [0.2, 0.25) is 0 Å². The van der Waals surface area contributed by atoms with Gasteiger partial charge in [-0.1, -0.05) is 12.1 Å².